The van der Waals surface area contributed by atoms with E-state index >= 15 is 0 Å². The number of carbonyl (C=O) groups excluding carboxylic acids is 4. The number of hydrogen-bond acceptors (Lipinski definition) is 14. The molecule has 2 heterocycles. The molecule has 2 aliphatic rings. The van der Waals surface area contributed by atoms with Gasteiger partial charge in [0.25, 0.3) is 0 Å². The Morgan fingerprint density at radius 3 is 1.84 bits per heavy atom. The van der Waals surface area contributed by atoms with E-state index in [4.69, 9.17) is 42.6 Å². The van der Waals surface area contributed by atoms with E-state index in [1.54, 1.807) is 6.08 Å². The van der Waals surface area contributed by atoms with Crippen molar-refractivity contribution in [2.75, 3.05) is 19.8 Å². The molecule has 0 radical (unpaired) electrons. The maximum Gasteiger partial charge on any atom is 0.303 e. The highest BCUT2D eigenvalue weighted by atomic mass is 32.2. The van der Waals surface area contributed by atoms with Crippen molar-refractivity contribution in [3.05, 3.63) is 115 Å². The molecule has 0 bridgehead atoms. The summed E-state index contributed by atoms with van der Waals surface area (Å²) in [7, 11) is 0. The lowest BCUT2D eigenvalue weighted by atomic mass is 9.94. The topological polar surface area (TPSA) is 163 Å². The number of esters is 3. The molecule has 1 N–H and O–H groups in total. The van der Waals surface area contributed by atoms with E-state index in [1.807, 2.05) is 91.0 Å². The Bertz CT molecular complexity index is 1770. The molecule has 2 aliphatic heterocycles. The van der Waals surface area contributed by atoms with Crippen LogP contribution < -0.4 is 5.32 Å². The summed E-state index contributed by atoms with van der Waals surface area (Å²) in [6.45, 7) is 9.02. The Morgan fingerprint density at radius 1 is 0.672 bits per heavy atom. The minimum absolute atomic E-state index is 0.00579. The second kappa shape index (κ2) is 22.5. The number of nitrogens with one attached hydrogen (secondary N) is 1. The van der Waals surface area contributed by atoms with Crippen molar-refractivity contribution in [2.24, 2.45) is 0 Å². The average Bonchev–Trinajstić information content (AvgIpc) is 3.19. The van der Waals surface area contributed by atoms with Gasteiger partial charge >= 0.3 is 17.9 Å². The van der Waals surface area contributed by atoms with Crippen molar-refractivity contribution in [2.45, 2.75) is 106 Å². The van der Waals surface area contributed by atoms with Crippen LogP contribution in [0.2, 0.25) is 0 Å². The fraction of sp³-hybridized carbons (Fsp3) is 0.442. The van der Waals surface area contributed by atoms with E-state index in [0.717, 1.165) is 16.0 Å². The highest BCUT2D eigenvalue weighted by Crippen LogP contribution is 2.39. The predicted molar refractivity (Wildman–Crippen MR) is 211 cm³/mol. The third-order valence-corrected chi connectivity index (χ3v) is 10.2. The van der Waals surface area contributed by atoms with Crippen LogP contribution in [0.15, 0.2) is 109 Å². The highest BCUT2D eigenvalue weighted by molar-refractivity contribution is 7.99. The fourth-order valence-electron chi connectivity index (χ4n) is 6.66. The summed E-state index contributed by atoms with van der Waals surface area (Å²) in [5.74, 6) is -2.40. The van der Waals surface area contributed by atoms with Crippen LogP contribution in [-0.4, -0.2) is 104 Å². The number of hydrogen-bond donors (Lipinski definition) is 1. The van der Waals surface area contributed by atoms with Crippen LogP contribution >= 0.6 is 11.8 Å². The zero-order valence-corrected chi connectivity index (χ0v) is 33.8. The van der Waals surface area contributed by atoms with Crippen LogP contribution in [0.3, 0.4) is 0 Å². The third kappa shape index (κ3) is 13.2. The molecule has 2 saturated heterocycles. The zero-order valence-electron chi connectivity index (χ0n) is 33.0. The number of thioether (sulfide) groups is 1. The molecular formula is C43H51NO13S. The van der Waals surface area contributed by atoms with E-state index in [2.05, 4.69) is 11.9 Å². The van der Waals surface area contributed by atoms with Gasteiger partial charge in [-0.2, -0.15) is 0 Å². The average molecular weight is 822 g/mol. The van der Waals surface area contributed by atoms with Gasteiger partial charge in [0.05, 0.1) is 26.4 Å². The molecule has 0 aliphatic carbocycles. The molecule has 0 spiro atoms. The number of rotatable bonds is 19. The van der Waals surface area contributed by atoms with Gasteiger partial charge in [-0.3, -0.25) is 19.2 Å². The lowest BCUT2D eigenvalue weighted by molar-refractivity contribution is -0.327. The summed E-state index contributed by atoms with van der Waals surface area (Å²) in [6.07, 6.45) is -7.28. The minimum atomic E-state index is -1.35. The van der Waals surface area contributed by atoms with Crippen molar-refractivity contribution in [1.29, 1.82) is 0 Å². The van der Waals surface area contributed by atoms with Gasteiger partial charge < -0.3 is 47.9 Å². The second-order valence-corrected chi connectivity index (χ2v) is 14.8. The molecule has 2 fully saturated rings. The predicted octanol–water partition coefficient (Wildman–Crippen LogP) is 4.92. The summed E-state index contributed by atoms with van der Waals surface area (Å²) in [6, 6.07) is 27.2. The van der Waals surface area contributed by atoms with Crippen LogP contribution in [0, 0.1) is 0 Å². The van der Waals surface area contributed by atoms with Gasteiger partial charge in [-0.05, 0) is 23.3 Å². The largest absolute Gasteiger partial charge is 0.463 e. The van der Waals surface area contributed by atoms with Gasteiger partial charge in [0.2, 0.25) is 5.91 Å². The van der Waals surface area contributed by atoms with E-state index in [9.17, 15) is 19.2 Å². The van der Waals surface area contributed by atoms with Crippen LogP contribution in [-0.2, 0) is 75.0 Å². The van der Waals surface area contributed by atoms with Crippen molar-refractivity contribution in [3.8, 4) is 0 Å². The summed E-state index contributed by atoms with van der Waals surface area (Å²) in [5, 5.41) is 2.94. The lowest BCUT2D eigenvalue weighted by Gasteiger charge is -2.50. The molecule has 58 heavy (non-hydrogen) atoms. The standard InChI is InChI=1S/C43H51NO13S/c1-6-22-50-37-34(25-49-23-31-16-10-7-11-17-31)55-42(36(44-27(2)45)39(37)52-24-32-18-12-8-13-19-32)57-38-35(26-51-28(3)46)56-43(58-33-20-14-9-15-21-33)41(54-30(5)48)40(38)53-29(4)47/h6-21,34-43H,1,22-26H2,2-5H3,(H,44,45)/t34-,35-,36+,37-,38-,39-,40+,41-,42+,43+/m1/s1. The van der Waals surface area contributed by atoms with Gasteiger partial charge in [0.15, 0.2) is 18.5 Å². The Morgan fingerprint density at radius 2 is 1.26 bits per heavy atom. The number of ether oxygens (including phenoxy) is 9. The summed E-state index contributed by atoms with van der Waals surface area (Å²) >= 11 is 1.22. The Hall–Kier alpha value is -4.61. The molecule has 5 rings (SSSR count). The molecule has 0 aromatic heterocycles. The van der Waals surface area contributed by atoms with Crippen LogP contribution in [0.25, 0.3) is 0 Å². The monoisotopic (exact) mass is 821 g/mol. The van der Waals surface area contributed by atoms with E-state index in [1.165, 1.54) is 39.5 Å². The summed E-state index contributed by atoms with van der Waals surface area (Å²) < 4.78 is 56.4. The van der Waals surface area contributed by atoms with E-state index in [-0.39, 0.29) is 33.0 Å². The zero-order chi connectivity index (χ0) is 41.4. The second-order valence-electron chi connectivity index (χ2n) is 13.6. The normalized spacial score (nSPS) is 26.8. The van der Waals surface area contributed by atoms with Crippen LogP contribution in [0.1, 0.15) is 38.8 Å². The first-order valence-corrected chi connectivity index (χ1v) is 19.8. The highest BCUT2D eigenvalue weighted by Gasteiger charge is 2.55. The molecule has 14 nitrogen and oxygen atoms in total. The quantitative estimate of drug-likeness (QED) is 0.0985. The van der Waals surface area contributed by atoms with Gasteiger partial charge in [0, 0.05) is 32.6 Å². The number of benzene rings is 3. The molecule has 3 aromatic carbocycles. The van der Waals surface area contributed by atoms with Crippen LogP contribution in [0.5, 0.6) is 0 Å². The fourth-order valence-corrected chi connectivity index (χ4v) is 7.78. The van der Waals surface area contributed by atoms with Gasteiger partial charge in [-0.1, -0.05) is 96.7 Å². The number of carbonyl (C=O) groups is 4. The molecule has 15 heteroatoms. The Balaban J connectivity index is 1.56. The smallest absolute Gasteiger partial charge is 0.303 e. The van der Waals surface area contributed by atoms with E-state index < -0.39 is 84.3 Å². The SMILES string of the molecule is C=CCO[C@H]1[C@H](OCc2ccccc2)[C@H](NC(C)=O)[C@H](O[C@H]2[C@H](OC(C)=O)[C@@H](OC(C)=O)[C@H](Sc3ccccc3)O[C@@H]2COC(C)=O)O[C@@H]1COCc1ccccc1. The molecule has 3 aromatic rings. The van der Waals surface area contributed by atoms with Crippen molar-refractivity contribution in [3.63, 3.8) is 0 Å². The first-order chi connectivity index (χ1) is 28.0. The van der Waals surface area contributed by atoms with Gasteiger partial charge in [-0.25, -0.2) is 0 Å². The first kappa shape index (κ1) is 44.5. The van der Waals surface area contributed by atoms with Gasteiger partial charge in [-0.15, -0.1) is 6.58 Å². The minimum Gasteiger partial charge on any atom is -0.463 e. The maximum atomic E-state index is 13.0. The molecule has 0 unspecified atom stereocenters. The lowest BCUT2D eigenvalue weighted by Crippen LogP contribution is -2.68. The third-order valence-electron chi connectivity index (χ3n) is 9.03. The van der Waals surface area contributed by atoms with Crippen molar-refractivity contribution < 1.29 is 61.8 Å². The molecule has 1 amide bonds. The Labute approximate surface area is 342 Å². The molecule has 312 valence electrons. The van der Waals surface area contributed by atoms with E-state index in [0.29, 0.717) is 0 Å². The first-order valence-electron chi connectivity index (χ1n) is 18.9. The maximum absolute atomic E-state index is 13.0. The van der Waals surface area contributed by atoms with Crippen molar-refractivity contribution in [1.82, 2.24) is 5.32 Å². The Kier molecular flexibility index (Phi) is 17.3. The summed E-state index contributed by atoms with van der Waals surface area (Å²) in [5.41, 5.74) is 0.835. The summed E-state index contributed by atoms with van der Waals surface area (Å²) in [4.78, 5) is 51.4. The van der Waals surface area contributed by atoms with Gasteiger partial charge in [0.1, 0.15) is 48.6 Å². The number of amides is 1. The molecular weight excluding hydrogens is 771 g/mol. The molecule has 10 atom stereocenters. The molecule has 0 saturated carbocycles. The van der Waals surface area contributed by atoms with Crippen molar-refractivity contribution >= 4 is 35.6 Å². The van der Waals surface area contributed by atoms with Crippen LogP contribution in [0.4, 0.5) is 0 Å².